The Labute approximate surface area is 182 Å². The summed E-state index contributed by atoms with van der Waals surface area (Å²) in [5.74, 6) is 1.07. The summed E-state index contributed by atoms with van der Waals surface area (Å²) >= 11 is 5.15. The van der Waals surface area contributed by atoms with Crippen LogP contribution in [0.15, 0.2) is 57.9 Å². The number of anilines is 1. The van der Waals surface area contributed by atoms with Crippen molar-refractivity contribution in [3.05, 3.63) is 75.4 Å². The van der Waals surface area contributed by atoms with E-state index in [0.717, 1.165) is 21.5 Å². The normalized spacial score (nSPS) is 9.93. The number of nitrogens with one attached hydrogen (secondary N) is 2. The zero-order valence-electron chi connectivity index (χ0n) is 16.4. The van der Waals surface area contributed by atoms with Gasteiger partial charge in [-0.15, -0.1) is 11.8 Å². The Balaban J connectivity index is 0.000000687. The van der Waals surface area contributed by atoms with Crippen LogP contribution < -0.4 is 5.32 Å². The van der Waals surface area contributed by atoms with Crippen molar-refractivity contribution >= 4 is 45.9 Å². The van der Waals surface area contributed by atoms with Crippen molar-refractivity contribution in [1.82, 2.24) is 10.2 Å². The quantitative estimate of drug-likeness (QED) is 0.381. The Morgan fingerprint density at radius 1 is 1.24 bits per heavy atom. The Morgan fingerprint density at radius 2 is 1.97 bits per heavy atom. The standard InChI is InChI=1S/C19H18BrN3OS.C2H4O2/c1-12-6-5-8-15(10-12)25-11-14-7-3-4-9-16(14)19(24)21-18-17(20)13(2)22-23-18;1-4-2-3/h3-10H,11H2,1-2H3,(H2,21,22,23,24);2H,1H3. The van der Waals surface area contributed by atoms with Crippen LogP contribution in [0, 0.1) is 13.8 Å². The van der Waals surface area contributed by atoms with Gasteiger partial charge in [0.25, 0.3) is 12.4 Å². The minimum absolute atomic E-state index is 0.160. The van der Waals surface area contributed by atoms with Gasteiger partial charge >= 0.3 is 0 Å². The fourth-order valence-corrected chi connectivity index (χ4v) is 3.70. The lowest BCUT2D eigenvalue weighted by Crippen LogP contribution is -2.14. The first-order chi connectivity index (χ1) is 14.0. The number of carbonyl (C=O) groups is 2. The predicted octanol–water partition coefficient (Wildman–Crippen LogP) is 5.12. The molecule has 0 spiro atoms. The molecule has 0 aliphatic carbocycles. The SMILES string of the molecule is COC=O.Cc1cccc(SCc2ccccc2C(=O)Nc2n[nH]c(C)c2Br)c1. The monoisotopic (exact) mass is 475 g/mol. The van der Waals surface area contributed by atoms with Crippen molar-refractivity contribution in [2.45, 2.75) is 24.5 Å². The van der Waals surface area contributed by atoms with E-state index in [0.29, 0.717) is 17.9 Å². The highest BCUT2D eigenvalue weighted by Gasteiger charge is 2.15. The van der Waals surface area contributed by atoms with Crippen molar-refractivity contribution in [1.29, 1.82) is 0 Å². The van der Waals surface area contributed by atoms with Crippen LogP contribution in [0.4, 0.5) is 5.82 Å². The lowest BCUT2D eigenvalue weighted by molar-refractivity contribution is -0.126. The first-order valence-electron chi connectivity index (χ1n) is 8.72. The zero-order chi connectivity index (χ0) is 21.2. The molecule has 152 valence electrons. The third-order valence-corrected chi connectivity index (χ3v) is 5.86. The maximum atomic E-state index is 12.7. The van der Waals surface area contributed by atoms with E-state index in [4.69, 9.17) is 4.79 Å². The zero-order valence-corrected chi connectivity index (χ0v) is 18.8. The van der Waals surface area contributed by atoms with Gasteiger partial charge in [-0.1, -0.05) is 35.9 Å². The molecule has 8 heteroatoms. The van der Waals surface area contributed by atoms with Gasteiger partial charge in [0.2, 0.25) is 0 Å². The molecule has 2 aromatic carbocycles. The molecule has 2 N–H and O–H groups in total. The molecule has 0 saturated carbocycles. The summed E-state index contributed by atoms with van der Waals surface area (Å²) in [4.78, 5) is 22.8. The second kappa shape index (κ2) is 11.4. The summed E-state index contributed by atoms with van der Waals surface area (Å²) in [7, 11) is 1.31. The van der Waals surface area contributed by atoms with Gasteiger partial charge < -0.3 is 10.1 Å². The predicted molar refractivity (Wildman–Crippen MR) is 119 cm³/mol. The number of aryl methyl sites for hydroxylation is 2. The summed E-state index contributed by atoms with van der Waals surface area (Å²) < 4.78 is 4.63. The molecule has 0 atom stereocenters. The van der Waals surface area contributed by atoms with E-state index in [1.165, 1.54) is 17.6 Å². The maximum Gasteiger partial charge on any atom is 0.292 e. The van der Waals surface area contributed by atoms with Crippen molar-refractivity contribution in [3.8, 4) is 0 Å². The Morgan fingerprint density at radius 3 is 2.59 bits per heavy atom. The second-order valence-electron chi connectivity index (χ2n) is 6.06. The van der Waals surface area contributed by atoms with Gasteiger partial charge in [-0.25, -0.2) is 0 Å². The third kappa shape index (κ3) is 6.76. The van der Waals surface area contributed by atoms with Crippen LogP contribution in [0.5, 0.6) is 0 Å². The van der Waals surface area contributed by atoms with E-state index < -0.39 is 0 Å². The number of rotatable bonds is 6. The summed E-state index contributed by atoms with van der Waals surface area (Å²) in [5.41, 5.74) is 3.76. The fourth-order valence-electron chi connectivity index (χ4n) is 2.41. The smallest absolute Gasteiger partial charge is 0.292 e. The molecule has 0 unspecified atom stereocenters. The van der Waals surface area contributed by atoms with Gasteiger partial charge in [0.1, 0.15) is 0 Å². The number of halogens is 1. The van der Waals surface area contributed by atoms with Crippen molar-refractivity contribution < 1.29 is 14.3 Å². The Kier molecular flexibility index (Phi) is 8.95. The number of H-pyrrole nitrogens is 1. The average molecular weight is 476 g/mol. The highest BCUT2D eigenvalue weighted by atomic mass is 79.9. The van der Waals surface area contributed by atoms with Gasteiger partial charge in [0.15, 0.2) is 5.82 Å². The van der Waals surface area contributed by atoms with E-state index in [-0.39, 0.29) is 5.91 Å². The largest absolute Gasteiger partial charge is 0.471 e. The molecule has 1 amide bonds. The molecular weight excluding hydrogens is 454 g/mol. The number of hydrogen-bond acceptors (Lipinski definition) is 5. The lowest BCUT2D eigenvalue weighted by atomic mass is 10.1. The molecule has 1 heterocycles. The number of thioether (sulfide) groups is 1. The van der Waals surface area contributed by atoms with Crippen LogP contribution in [-0.2, 0) is 15.3 Å². The van der Waals surface area contributed by atoms with Gasteiger partial charge in [0, 0.05) is 21.9 Å². The van der Waals surface area contributed by atoms with E-state index >= 15 is 0 Å². The average Bonchev–Trinajstić information content (AvgIpc) is 3.04. The van der Waals surface area contributed by atoms with Crippen molar-refractivity contribution in [2.75, 3.05) is 12.4 Å². The molecule has 6 nitrogen and oxygen atoms in total. The Hall–Kier alpha value is -2.58. The number of nitrogens with zero attached hydrogens (tertiary/aromatic N) is 1. The topological polar surface area (TPSA) is 84.1 Å². The van der Waals surface area contributed by atoms with Crippen LogP contribution in [0.25, 0.3) is 0 Å². The molecule has 3 rings (SSSR count). The van der Waals surface area contributed by atoms with Crippen LogP contribution >= 0.6 is 27.7 Å². The fraction of sp³-hybridized carbons (Fsp3) is 0.190. The molecule has 0 saturated heterocycles. The summed E-state index contributed by atoms with van der Waals surface area (Å²) in [6.45, 7) is 4.34. The van der Waals surface area contributed by atoms with E-state index in [9.17, 15) is 4.79 Å². The lowest BCUT2D eigenvalue weighted by Gasteiger charge is -2.09. The minimum atomic E-state index is -0.160. The molecule has 0 fully saturated rings. The number of aromatic nitrogens is 2. The van der Waals surface area contributed by atoms with Crippen LogP contribution in [-0.4, -0.2) is 29.7 Å². The number of aromatic amines is 1. The van der Waals surface area contributed by atoms with Gasteiger partial charge in [-0.3, -0.25) is 14.7 Å². The van der Waals surface area contributed by atoms with E-state index in [1.807, 2.05) is 37.3 Å². The number of carbonyl (C=O) groups excluding carboxylic acids is 2. The van der Waals surface area contributed by atoms with Crippen LogP contribution in [0.1, 0.15) is 27.2 Å². The highest BCUT2D eigenvalue weighted by molar-refractivity contribution is 9.10. The number of ether oxygens (including phenoxy) is 1. The number of methoxy groups -OCH3 is 1. The highest BCUT2D eigenvalue weighted by Crippen LogP contribution is 2.27. The van der Waals surface area contributed by atoms with E-state index in [2.05, 4.69) is 61.3 Å². The molecule has 29 heavy (non-hydrogen) atoms. The number of hydrogen-bond donors (Lipinski definition) is 2. The summed E-state index contributed by atoms with van der Waals surface area (Å²) in [6.07, 6.45) is 0. The minimum Gasteiger partial charge on any atom is -0.471 e. The molecule has 0 aliphatic heterocycles. The molecule has 1 aromatic heterocycles. The first-order valence-corrected chi connectivity index (χ1v) is 10.5. The van der Waals surface area contributed by atoms with Crippen molar-refractivity contribution in [2.24, 2.45) is 0 Å². The van der Waals surface area contributed by atoms with E-state index in [1.54, 1.807) is 11.8 Å². The van der Waals surface area contributed by atoms with Crippen LogP contribution in [0.3, 0.4) is 0 Å². The second-order valence-corrected chi connectivity index (χ2v) is 7.90. The summed E-state index contributed by atoms with van der Waals surface area (Å²) in [6, 6.07) is 16.0. The first kappa shape index (κ1) is 22.7. The molecule has 0 aliphatic rings. The van der Waals surface area contributed by atoms with Crippen LogP contribution in [0.2, 0.25) is 0 Å². The van der Waals surface area contributed by atoms with Gasteiger partial charge in [0.05, 0.1) is 11.6 Å². The molecule has 0 bridgehead atoms. The maximum absolute atomic E-state index is 12.7. The third-order valence-electron chi connectivity index (χ3n) is 3.85. The summed E-state index contributed by atoms with van der Waals surface area (Å²) in [5, 5.41) is 9.81. The molecule has 0 radical (unpaired) electrons. The molecule has 3 aromatic rings. The van der Waals surface area contributed by atoms with Crippen molar-refractivity contribution in [3.63, 3.8) is 0 Å². The number of benzene rings is 2. The van der Waals surface area contributed by atoms with Gasteiger partial charge in [-0.05, 0) is 53.5 Å². The number of amides is 1. The Bertz CT molecular complexity index is 975. The van der Waals surface area contributed by atoms with Gasteiger partial charge in [-0.2, -0.15) is 5.10 Å². The molecular formula is C21H22BrN3O3S.